The maximum Gasteiger partial charge on any atom is 0.241 e. The molecule has 7 heteroatoms. The monoisotopic (exact) mass is 336 g/mol. The molecule has 1 rings (SSSR count). The quantitative estimate of drug-likeness (QED) is 0.898. The van der Waals surface area contributed by atoms with E-state index < -0.39 is 10.0 Å². The lowest BCUT2D eigenvalue weighted by Gasteiger charge is -2.13. The molecule has 0 spiro atoms. The first-order valence-corrected chi connectivity index (χ1v) is 8.15. The second kappa shape index (κ2) is 5.96. The summed E-state index contributed by atoms with van der Waals surface area (Å²) in [5.74, 6) is 0. The van der Waals surface area contributed by atoms with E-state index in [1.54, 1.807) is 13.0 Å². The molecule has 1 aromatic rings. The lowest BCUT2D eigenvalue weighted by molar-refractivity contribution is 0.543. The number of nitrogens with zero attached hydrogens (tertiary/aromatic N) is 1. The van der Waals surface area contributed by atoms with Crippen LogP contribution in [0.4, 0.5) is 0 Å². The van der Waals surface area contributed by atoms with Gasteiger partial charge in [-0.15, -0.1) is 11.3 Å². The summed E-state index contributed by atoms with van der Waals surface area (Å²) in [4.78, 5) is 1.02. The Morgan fingerprint density at radius 3 is 2.71 bits per heavy atom. The van der Waals surface area contributed by atoms with Crippen molar-refractivity contribution in [1.29, 1.82) is 5.26 Å². The molecular formula is C10H13BrN2O2S2. The van der Waals surface area contributed by atoms with Gasteiger partial charge in [-0.3, -0.25) is 0 Å². The number of halogens is 1. The molecule has 4 nitrogen and oxygen atoms in total. The van der Waals surface area contributed by atoms with Gasteiger partial charge in [0.15, 0.2) is 0 Å². The zero-order chi connectivity index (χ0) is 13.1. The van der Waals surface area contributed by atoms with Gasteiger partial charge >= 0.3 is 0 Å². The average Bonchev–Trinajstić information content (AvgIpc) is 2.57. The van der Waals surface area contributed by atoms with Crippen molar-refractivity contribution < 1.29 is 8.42 Å². The number of hydrogen-bond acceptors (Lipinski definition) is 4. The van der Waals surface area contributed by atoms with Crippen molar-refractivity contribution in [2.24, 2.45) is 0 Å². The van der Waals surface area contributed by atoms with E-state index >= 15 is 0 Å². The Morgan fingerprint density at radius 2 is 2.29 bits per heavy atom. The smallest absolute Gasteiger partial charge is 0.207 e. The van der Waals surface area contributed by atoms with Crippen LogP contribution < -0.4 is 4.72 Å². The van der Waals surface area contributed by atoms with Gasteiger partial charge in [-0.1, -0.05) is 6.92 Å². The van der Waals surface area contributed by atoms with E-state index in [1.807, 2.05) is 13.0 Å². The summed E-state index contributed by atoms with van der Waals surface area (Å²) in [7, 11) is -3.52. The summed E-state index contributed by atoms with van der Waals surface area (Å²) in [6.07, 6.45) is 0.775. The number of hydrogen-bond donors (Lipinski definition) is 1. The lowest BCUT2D eigenvalue weighted by atomic mass is 10.2. The van der Waals surface area contributed by atoms with Crippen molar-refractivity contribution >= 4 is 37.3 Å². The van der Waals surface area contributed by atoms with Gasteiger partial charge in [0, 0.05) is 10.9 Å². The van der Waals surface area contributed by atoms with Crippen LogP contribution in [0, 0.1) is 18.3 Å². The lowest BCUT2D eigenvalue weighted by Crippen LogP contribution is -2.34. The Hall–Kier alpha value is -0.420. The van der Waals surface area contributed by atoms with Crippen LogP contribution in [0.15, 0.2) is 14.7 Å². The molecule has 1 atom stereocenters. The van der Waals surface area contributed by atoms with E-state index in [1.165, 1.54) is 11.3 Å². The normalized spacial score (nSPS) is 13.3. The Balaban J connectivity index is 2.97. The number of rotatable bonds is 5. The first-order chi connectivity index (χ1) is 7.90. The molecule has 0 aliphatic heterocycles. The highest BCUT2D eigenvalue weighted by Gasteiger charge is 2.22. The minimum absolute atomic E-state index is 0.181. The molecule has 1 aromatic heterocycles. The van der Waals surface area contributed by atoms with Gasteiger partial charge in [-0.2, -0.15) is 5.26 Å². The van der Waals surface area contributed by atoms with Crippen molar-refractivity contribution in [3.05, 3.63) is 14.7 Å². The first-order valence-electron chi connectivity index (χ1n) is 5.06. The number of nitrogens with one attached hydrogen (secondary N) is 1. The molecule has 0 aromatic carbocycles. The first kappa shape index (κ1) is 14.6. The van der Waals surface area contributed by atoms with Crippen molar-refractivity contribution in [3.63, 3.8) is 0 Å². The minimum Gasteiger partial charge on any atom is -0.207 e. The zero-order valence-corrected chi connectivity index (χ0v) is 12.7. The molecule has 0 bridgehead atoms. The topological polar surface area (TPSA) is 70.0 Å². The van der Waals surface area contributed by atoms with Crippen LogP contribution >= 0.6 is 27.3 Å². The highest BCUT2D eigenvalue weighted by Crippen LogP contribution is 2.29. The van der Waals surface area contributed by atoms with E-state index in [-0.39, 0.29) is 17.4 Å². The van der Waals surface area contributed by atoms with Gasteiger partial charge < -0.3 is 0 Å². The Morgan fingerprint density at radius 1 is 1.65 bits per heavy atom. The fraction of sp³-hybridized carbons (Fsp3) is 0.500. The summed E-state index contributed by atoms with van der Waals surface area (Å²) < 4.78 is 27.5. The van der Waals surface area contributed by atoms with Crippen LogP contribution in [0.25, 0.3) is 0 Å². The molecule has 1 unspecified atom stereocenters. The number of nitriles is 1. The Labute approximate surface area is 114 Å². The summed E-state index contributed by atoms with van der Waals surface area (Å²) in [6, 6.07) is 3.23. The highest BCUT2D eigenvalue weighted by atomic mass is 79.9. The molecule has 0 aliphatic carbocycles. The third-order valence-electron chi connectivity index (χ3n) is 2.28. The van der Waals surface area contributed by atoms with Crippen molar-refractivity contribution in [2.45, 2.75) is 37.6 Å². The fourth-order valence-electron chi connectivity index (χ4n) is 1.36. The van der Waals surface area contributed by atoms with Gasteiger partial charge in [0.25, 0.3) is 0 Å². The molecule has 0 saturated carbocycles. The van der Waals surface area contributed by atoms with Crippen LogP contribution in [0.5, 0.6) is 0 Å². The van der Waals surface area contributed by atoms with Crippen molar-refractivity contribution in [3.8, 4) is 6.07 Å². The van der Waals surface area contributed by atoms with E-state index in [2.05, 4.69) is 20.7 Å². The van der Waals surface area contributed by atoms with Crippen LogP contribution in [0.1, 0.15) is 24.6 Å². The zero-order valence-electron chi connectivity index (χ0n) is 9.53. The Bertz CT molecular complexity index is 531. The van der Waals surface area contributed by atoms with Gasteiger partial charge in [-0.25, -0.2) is 13.1 Å². The number of thiophene rings is 1. The van der Waals surface area contributed by atoms with Gasteiger partial charge in [0.1, 0.15) is 0 Å². The van der Waals surface area contributed by atoms with E-state index in [0.717, 1.165) is 8.66 Å². The van der Waals surface area contributed by atoms with Gasteiger partial charge in [0.2, 0.25) is 10.0 Å². The summed E-state index contributed by atoms with van der Waals surface area (Å²) in [6.45, 7) is 3.61. The number of sulfonamides is 1. The fourth-order valence-corrected chi connectivity index (χ4v) is 5.09. The van der Waals surface area contributed by atoms with E-state index in [0.29, 0.717) is 6.42 Å². The summed E-state index contributed by atoms with van der Waals surface area (Å²) in [5, 5.41) is 8.60. The van der Waals surface area contributed by atoms with E-state index in [9.17, 15) is 8.42 Å². The summed E-state index contributed by atoms with van der Waals surface area (Å²) in [5.41, 5.74) is 0. The third kappa shape index (κ3) is 3.78. The highest BCUT2D eigenvalue weighted by molar-refractivity contribution is 9.11. The second-order valence-corrected chi connectivity index (χ2v) is 7.88. The van der Waals surface area contributed by atoms with Crippen LogP contribution in [0.3, 0.4) is 0 Å². The predicted molar refractivity (Wildman–Crippen MR) is 71.4 cm³/mol. The standard InChI is InChI=1S/C10H13BrN2O2S2/c1-3-8(4-5-12)13-17(14,15)9-6-10(11)16-7(9)2/h6,8,13H,3-4H2,1-2H3. The molecule has 17 heavy (non-hydrogen) atoms. The molecular weight excluding hydrogens is 324 g/mol. The van der Waals surface area contributed by atoms with Gasteiger partial charge in [-0.05, 0) is 35.3 Å². The largest absolute Gasteiger partial charge is 0.241 e. The molecule has 1 N–H and O–H groups in total. The second-order valence-electron chi connectivity index (χ2n) is 3.56. The van der Waals surface area contributed by atoms with Crippen molar-refractivity contribution in [1.82, 2.24) is 4.72 Å². The SMILES string of the molecule is CCC(CC#N)NS(=O)(=O)c1cc(Br)sc1C. The molecule has 0 fully saturated rings. The van der Waals surface area contributed by atoms with Crippen molar-refractivity contribution in [2.75, 3.05) is 0 Å². The molecule has 0 saturated heterocycles. The maximum atomic E-state index is 12.1. The minimum atomic E-state index is -3.52. The maximum absolute atomic E-state index is 12.1. The van der Waals surface area contributed by atoms with E-state index in [4.69, 9.17) is 5.26 Å². The average molecular weight is 337 g/mol. The molecule has 94 valence electrons. The molecule has 1 heterocycles. The predicted octanol–water partition coefficient (Wildman–Crippen LogP) is 2.79. The van der Waals surface area contributed by atoms with Crippen LogP contribution in [0.2, 0.25) is 0 Å². The molecule has 0 radical (unpaired) electrons. The Kier molecular flexibility index (Phi) is 5.13. The number of aryl methyl sites for hydroxylation is 1. The van der Waals surface area contributed by atoms with Gasteiger partial charge in [0.05, 0.1) is 21.2 Å². The van der Waals surface area contributed by atoms with Crippen LogP contribution in [-0.4, -0.2) is 14.5 Å². The molecule has 0 amide bonds. The summed E-state index contributed by atoms with van der Waals surface area (Å²) >= 11 is 4.64. The third-order valence-corrected chi connectivity index (χ3v) is 5.61. The van der Waals surface area contributed by atoms with Crippen LogP contribution in [-0.2, 0) is 10.0 Å². The molecule has 0 aliphatic rings.